The summed E-state index contributed by atoms with van der Waals surface area (Å²) in [6.45, 7) is 7.60. The molecule has 0 aromatic carbocycles. The van der Waals surface area contributed by atoms with E-state index in [1.54, 1.807) is 0 Å². The number of ether oxygens (including phenoxy) is 1. The molecule has 0 aromatic heterocycles. The first-order valence-corrected chi connectivity index (χ1v) is 8.23. The van der Waals surface area contributed by atoms with Gasteiger partial charge in [-0.05, 0) is 19.9 Å². The molecule has 1 aliphatic rings. The molecule has 0 aromatic rings. The van der Waals surface area contributed by atoms with E-state index in [9.17, 15) is 0 Å². The van der Waals surface area contributed by atoms with Gasteiger partial charge in [-0.25, -0.2) is 0 Å². The summed E-state index contributed by atoms with van der Waals surface area (Å²) in [5.41, 5.74) is 0. The van der Waals surface area contributed by atoms with Crippen molar-refractivity contribution in [3.05, 3.63) is 0 Å². The number of halogens is 1. The molecule has 1 fully saturated rings. The molecule has 3 heteroatoms. The van der Waals surface area contributed by atoms with Crippen molar-refractivity contribution in [2.75, 3.05) is 25.6 Å². The van der Waals surface area contributed by atoms with E-state index in [0.717, 1.165) is 13.2 Å². The molecule has 2 atom stereocenters. The number of alkyl halides is 1. The van der Waals surface area contributed by atoms with Crippen LogP contribution < -0.4 is 0 Å². The molecule has 18 heavy (non-hydrogen) atoms. The third-order valence-corrected chi connectivity index (χ3v) is 4.20. The average Bonchev–Trinajstić information content (AvgIpc) is 2.39. The Balaban J connectivity index is 2.03. The molecule has 1 rings (SSSR count). The molecule has 0 amide bonds. The van der Waals surface area contributed by atoms with E-state index in [-0.39, 0.29) is 6.10 Å². The van der Waals surface area contributed by atoms with Gasteiger partial charge < -0.3 is 4.74 Å². The van der Waals surface area contributed by atoms with Crippen LogP contribution in [0.25, 0.3) is 0 Å². The van der Waals surface area contributed by atoms with Crippen LogP contribution in [0.3, 0.4) is 0 Å². The van der Waals surface area contributed by atoms with Gasteiger partial charge in [0, 0.05) is 18.5 Å². The van der Waals surface area contributed by atoms with Crippen molar-refractivity contribution in [1.82, 2.24) is 4.90 Å². The molecule has 1 heterocycles. The van der Waals surface area contributed by atoms with E-state index in [4.69, 9.17) is 16.3 Å². The van der Waals surface area contributed by atoms with E-state index in [0.29, 0.717) is 11.9 Å². The fraction of sp³-hybridized carbons (Fsp3) is 1.00. The van der Waals surface area contributed by atoms with Gasteiger partial charge in [-0.3, -0.25) is 4.90 Å². The summed E-state index contributed by atoms with van der Waals surface area (Å²) in [6, 6.07) is 0.560. The lowest BCUT2D eigenvalue weighted by molar-refractivity contribution is -0.0480. The zero-order valence-electron chi connectivity index (χ0n) is 12.2. The Kier molecular flexibility index (Phi) is 9.08. The predicted octanol–water partition coefficient (Wildman–Crippen LogP) is 4.07. The molecular weight excluding hydrogens is 246 g/mol. The fourth-order valence-corrected chi connectivity index (χ4v) is 2.74. The highest BCUT2D eigenvalue weighted by atomic mass is 35.5. The zero-order valence-corrected chi connectivity index (χ0v) is 12.9. The van der Waals surface area contributed by atoms with E-state index < -0.39 is 0 Å². The number of hydrogen-bond acceptors (Lipinski definition) is 2. The monoisotopic (exact) mass is 275 g/mol. The smallest absolute Gasteiger partial charge is 0.0837 e. The fourth-order valence-electron chi connectivity index (χ4n) is 2.55. The topological polar surface area (TPSA) is 12.5 Å². The van der Waals surface area contributed by atoms with Crippen molar-refractivity contribution < 1.29 is 4.74 Å². The second kappa shape index (κ2) is 10.1. The van der Waals surface area contributed by atoms with Gasteiger partial charge in [-0.15, -0.1) is 11.6 Å². The van der Waals surface area contributed by atoms with Gasteiger partial charge in [-0.1, -0.05) is 45.4 Å². The van der Waals surface area contributed by atoms with Crippen molar-refractivity contribution in [3.63, 3.8) is 0 Å². The lowest BCUT2D eigenvalue weighted by Crippen LogP contribution is -2.49. The van der Waals surface area contributed by atoms with Gasteiger partial charge in [0.05, 0.1) is 12.7 Å². The molecule has 0 N–H and O–H groups in total. The quantitative estimate of drug-likeness (QED) is 0.465. The lowest BCUT2D eigenvalue weighted by Gasteiger charge is -2.37. The second-order valence-electron chi connectivity index (χ2n) is 5.57. The third-order valence-electron chi connectivity index (χ3n) is 3.86. The Labute approximate surface area is 118 Å². The minimum absolute atomic E-state index is 0.243. The molecule has 0 radical (unpaired) electrons. The summed E-state index contributed by atoms with van der Waals surface area (Å²) in [7, 11) is 0. The first-order valence-electron chi connectivity index (χ1n) is 7.69. The van der Waals surface area contributed by atoms with Crippen LogP contribution in [-0.4, -0.2) is 42.6 Å². The molecular formula is C15H30ClNO. The van der Waals surface area contributed by atoms with Gasteiger partial charge in [-0.2, -0.15) is 0 Å². The normalized spacial score (nSPS) is 25.5. The summed E-state index contributed by atoms with van der Waals surface area (Å²) >= 11 is 5.87. The van der Waals surface area contributed by atoms with Crippen LogP contribution in [0.15, 0.2) is 0 Å². The summed E-state index contributed by atoms with van der Waals surface area (Å²) in [5, 5.41) is 0. The van der Waals surface area contributed by atoms with Crippen LogP contribution in [0, 0.1) is 0 Å². The Hall–Kier alpha value is 0.210. The predicted molar refractivity (Wildman–Crippen MR) is 79.5 cm³/mol. The molecule has 0 aliphatic carbocycles. The first-order chi connectivity index (χ1) is 8.77. The average molecular weight is 276 g/mol. The second-order valence-corrected chi connectivity index (χ2v) is 5.88. The van der Waals surface area contributed by atoms with Crippen LogP contribution in [0.2, 0.25) is 0 Å². The highest BCUT2D eigenvalue weighted by Crippen LogP contribution is 2.14. The van der Waals surface area contributed by atoms with Crippen LogP contribution in [0.4, 0.5) is 0 Å². The summed E-state index contributed by atoms with van der Waals surface area (Å²) < 4.78 is 5.67. The molecule has 108 valence electrons. The van der Waals surface area contributed by atoms with Crippen molar-refractivity contribution in [2.24, 2.45) is 0 Å². The molecule has 0 bridgehead atoms. The van der Waals surface area contributed by atoms with E-state index >= 15 is 0 Å². The van der Waals surface area contributed by atoms with Gasteiger partial charge in [0.25, 0.3) is 0 Å². The summed E-state index contributed by atoms with van der Waals surface area (Å²) in [4.78, 5) is 2.54. The number of nitrogens with zero attached hydrogens (tertiary/aromatic N) is 1. The number of hydrogen-bond donors (Lipinski definition) is 0. The van der Waals surface area contributed by atoms with Crippen LogP contribution >= 0.6 is 11.6 Å². The number of morpholine rings is 1. The van der Waals surface area contributed by atoms with E-state index in [1.165, 1.54) is 51.5 Å². The van der Waals surface area contributed by atoms with Crippen LogP contribution in [-0.2, 0) is 4.74 Å². The largest absolute Gasteiger partial charge is 0.374 e. The summed E-state index contributed by atoms with van der Waals surface area (Å²) in [6.07, 6.45) is 9.91. The molecule has 1 aliphatic heterocycles. The summed E-state index contributed by atoms with van der Waals surface area (Å²) in [5.74, 6) is 0.625. The highest BCUT2D eigenvalue weighted by molar-refractivity contribution is 6.18. The standard InChI is InChI=1S/C15H30ClNO/c1-3-4-5-6-7-8-9-10-17-12-15(11-16)18-13-14(17)2/h14-15H,3-13H2,1-2H3. The molecule has 0 saturated carbocycles. The Morgan fingerprint density at radius 3 is 2.44 bits per heavy atom. The van der Waals surface area contributed by atoms with Gasteiger partial charge in [0.15, 0.2) is 0 Å². The SMILES string of the molecule is CCCCCCCCCN1CC(CCl)OCC1C. The number of unbranched alkanes of at least 4 members (excludes halogenated alkanes) is 6. The minimum Gasteiger partial charge on any atom is -0.374 e. The molecule has 1 saturated heterocycles. The first kappa shape index (κ1) is 16.3. The van der Waals surface area contributed by atoms with Crippen LogP contribution in [0.5, 0.6) is 0 Å². The number of rotatable bonds is 9. The minimum atomic E-state index is 0.243. The maximum atomic E-state index is 5.87. The highest BCUT2D eigenvalue weighted by Gasteiger charge is 2.24. The Bertz CT molecular complexity index is 201. The van der Waals surface area contributed by atoms with Crippen LogP contribution in [0.1, 0.15) is 58.8 Å². The van der Waals surface area contributed by atoms with Crippen molar-refractivity contribution >= 4 is 11.6 Å². The van der Waals surface area contributed by atoms with E-state index in [2.05, 4.69) is 18.7 Å². The van der Waals surface area contributed by atoms with Crippen molar-refractivity contribution in [2.45, 2.75) is 70.9 Å². The third kappa shape index (κ3) is 6.40. The lowest BCUT2D eigenvalue weighted by atomic mass is 10.1. The molecule has 0 spiro atoms. The molecule has 2 nitrogen and oxygen atoms in total. The van der Waals surface area contributed by atoms with Gasteiger partial charge in [0.2, 0.25) is 0 Å². The maximum absolute atomic E-state index is 5.87. The Morgan fingerprint density at radius 1 is 1.11 bits per heavy atom. The Morgan fingerprint density at radius 2 is 1.78 bits per heavy atom. The van der Waals surface area contributed by atoms with Crippen molar-refractivity contribution in [1.29, 1.82) is 0 Å². The molecule has 2 unspecified atom stereocenters. The van der Waals surface area contributed by atoms with Gasteiger partial charge >= 0.3 is 0 Å². The van der Waals surface area contributed by atoms with Crippen molar-refractivity contribution in [3.8, 4) is 0 Å². The van der Waals surface area contributed by atoms with Gasteiger partial charge in [0.1, 0.15) is 0 Å². The van der Waals surface area contributed by atoms with E-state index in [1.807, 2.05) is 0 Å². The maximum Gasteiger partial charge on any atom is 0.0837 e. The zero-order chi connectivity index (χ0) is 13.2.